The minimum Gasteiger partial charge on any atom is -0.330 e. The van der Waals surface area contributed by atoms with Crippen LogP contribution in [0, 0.1) is 11.8 Å². The number of fused-ring (bicyclic) bond motifs is 2. The van der Waals surface area contributed by atoms with E-state index in [0.29, 0.717) is 29.7 Å². The lowest BCUT2D eigenvalue weighted by Crippen LogP contribution is -2.54. The molecule has 2 aromatic carbocycles. The van der Waals surface area contributed by atoms with Crippen molar-refractivity contribution in [1.82, 2.24) is 20.4 Å². The number of hydrogen-bond donors (Lipinski definition) is 3. The summed E-state index contributed by atoms with van der Waals surface area (Å²) in [6.07, 6.45) is 6.71. The van der Waals surface area contributed by atoms with Crippen molar-refractivity contribution in [2.45, 2.75) is 97.1 Å². The molecule has 4 heterocycles. The van der Waals surface area contributed by atoms with Gasteiger partial charge in [0.2, 0.25) is 23.6 Å². The van der Waals surface area contributed by atoms with Gasteiger partial charge < -0.3 is 5.73 Å². The summed E-state index contributed by atoms with van der Waals surface area (Å²) in [5.41, 5.74) is 8.06. The van der Waals surface area contributed by atoms with E-state index in [4.69, 9.17) is 28.1 Å². The fourth-order valence-corrected chi connectivity index (χ4v) is 80.9. The Labute approximate surface area is 567 Å². The topological polar surface area (TPSA) is 193 Å². The maximum atomic E-state index is 12.9. The van der Waals surface area contributed by atoms with Crippen molar-refractivity contribution in [3.8, 4) is 11.8 Å². The first kappa shape index (κ1) is 77.6. The van der Waals surface area contributed by atoms with Gasteiger partial charge in [-0.1, -0.05) is 57.2 Å². The van der Waals surface area contributed by atoms with E-state index < -0.39 is 47.5 Å². The molecular weight excluding hydrogens is 1650 g/mol. The number of amides is 8. The number of rotatable bonds is 9. The lowest BCUT2D eigenvalue weighted by Gasteiger charge is -2.27. The molecule has 0 aromatic heterocycles. The molecule has 44 heteroatoms. The van der Waals surface area contributed by atoms with Gasteiger partial charge in [-0.2, -0.15) is 0 Å². The highest BCUT2D eigenvalue weighted by atomic mass is 33.5. The highest BCUT2D eigenvalue weighted by molar-refractivity contribution is 8.80. The molecule has 0 aliphatic carbocycles. The van der Waals surface area contributed by atoms with Gasteiger partial charge in [-0.25, -0.2) is 0 Å². The van der Waals surface area contributed by atoms with E-state index in [0.717, 1.165) is 53.9 Å². The van der Waals surface area contributed by atoms with Crippen LogP contribution in [0.1, 0.15) is 131 Å². The van der Waals surface area contributed by atoms with Gasteiger partial charge >= 0.3 is 0 Å². The van der Waals surface area contributed by atoms with Crippen molar-refractivity contribution >= 4 is 327 Å². The SMILES string of the molecule is C.CCCCC#Cc1cccc2c1C(=O)N(C1CCC(=O)NC1=O)C2=O.NCCCCCc1cccc2c1C(=O)N(C1CCC(=O)NC1=O)C2=O.S=S=S=S=S=S=S=S=S=S=S=S=S=S=S=S=S=S=S=S=S=S=S=S=S=S=S=S=S=S=S. The summed E-state index contributed by atoms with van der Waals surface area (Å²) in [6.45, 7) is 2.70. The van der Waals surface area contributed by atoms with Crippen LogP contribution in [0.2, 0.25) is 0 Å². The molecule has 82 heavy (non-hydrogen) atoms. The van der Waals surface area contributed by atoms with Crippen LogP contribution in [0.15, 0.2) is 36.4 Å². The third-order valence-electron chi connectivity index (χ3n) is 9.83. The first-order chi connectivity index (χ1) is 39.5. The number of aryl methyl sites for hydroxylation is 1. The Kier molecular flexibility index (Phi) is 45.6. The number of benzene rings is 2. The van der Waals surface area contributed by atoms with Gasteiger partial charge in [-0.05, 0) is 68.8 Å². The van der Waals surface area contributed by atoms with Crippen LogP contribution < -0.4 is 16.4 Å². The van der Waals surface area contributed by atoms with Gasteiger partial charge in [0.05, 0.1) is 22.3 Å². The Balaban J connectivity index is 0.000000322. The van der Waals surface area contributed by atoms with Crippen LogP contribution in [-0.4, -0.2) is 75.7 Å². The minimum absolute atomic E-state index is 0. The zero-order valence-electron chi connectivity index (χ0n) is 40.5. The summed E-state index contributed by atoms with van der Waals surface area (Å²) < 4.78 is 0. The highest BCUT2D eigenvalue weighted by Gasteiger charge is 2.46. The van der Waals surface area contributed by atoms with Crippen LogP contribution >= 0.6 is 0 Å². The summed E-state index contributed by atoms with van der Waals surface area (Å²) in [7, 11) is 50.9. The smallest absolute Gasteiger partial charge is 0.263 e. The Morgan fingerprint density at radius 3 is 1.26 bits per heavy atom. The second kappa shape index (κ2) is 48.2. The number of unbranched alkanes of at least 4 members (excludes halogenated alkanes) is 4. The number of piperidine rings is 2. The predicted molar refractivity (Wildman–Crippen MR) is 414 cm³/mol. The number of carbonyl (C=O) groups excluding carboxylic acids is 8. The van der Waals surface area contributed by atoms with Crippen molar-refractivity contribution in [2.75, 3.05) is 6.54 Å². The van der Waals surface area contributed by atoms with E-state index in [1.807, 2.05) is 139 Å². The fraction of sp³-hybridized carbons (Fsp3) is 0.421. The van der Waals surface area contributed by atoms with Crippen molar-refractivity contribution in [2.24, 2.45) is 5.73 Å². The number of hydrogen-bond acceptors (Lipinski definition) is 11. The van der Waals surface area contributed by atoms with Crippen molar-refractivity contribution in [1.29, 1.82) is 0 Å². The molecule has 454 valence electrons. The fourth-order valence-electron chi connectivity index (χ4n) is 6.78. The number of imide groups is 4. The number of nitrogens with one attached hydrogen (secondary N) is 2. The van der Waals surface area contributed by atoms with Gasteiger partial charge in [-0.3, -0.25) is 58.8 Å². The van der Waals surface area contributed by atoms with E-state index in [2.05, 4.69) is 29.4 Å². The summed E-state index contributed by atoms with van der Waals surface area (Å²) in [5, 5.41) is 4.39. The van der Waals surface area contributed by atoms with Crippen molar-refractivity contribution in [3.63, 3.8) is 0 Å². The third kappa shape index (κ3) is 28.7. The van der Waals surface area contributed by atoms with Gasteiger partial charge in [-0.15, -0.1) is 0 Å². The number of nitrogens with zero attached hydrogens (tertiary/aromatic N) is 2. The second-order valence-corrected chi connectivity index (χ2v) is 65.7. The molecule has 0 saturated carbocycles. The first-order valence-electron chi connectivity index (χ1n) is 22.0. The first-order valence-corrected chi connectivity index (χ1v) is 62.0. The second-order valence-electron chi connectivity index (χ2n) is 14.4. The van der Waals surface area contributed by atoms with E-state index in [9.17, 15) is 38.4 Å². The zero-order valence-corrected chi connectivity index (χ0v) is 65.8. The van der Waals surface area contributed by atoms with Crippen LogP contribution in [0.3, 0.4) is 0 Å². The van der Waals surface area contributed by atoms with Crippen LogP contribution in [-0.2, 0) is 306 Å². The Morgan fingerprint density at radius 2 is 0.878 bits per heavy atom. The predicted octanol–water partition coefficient (Wildman–Crippen LogP) is 2.95. The molecule has 4 N–H and O–H groups in total. The monoisotopic (exact) mass is 1690 g/mol. The minimum atomic E-state index is -0.953. The summed E-state index contributed by atoms with van der Waals surface area (Å²) in [6, 6.07) is 8.31. The summed E-state index contributed by atoms with van der Waals surface area (Å²) >= 11 is 9.58. The molecule has 6 rings (SSSR count). The van der Waals surface area contributed by atoms with E-state index in [-0.39, 0.29) is 56.1 Å². The number of carbonyl (C=O) groups is 8. The molecule has 8 amide bonds. The number of nitrogens with two attached hydrogens (primary N) is 1. The maximum absolute atomic E-state index is 12.9. The molecule has 2 aromatic rings. The quantitative estimate of drug-likeness (QED) is 0.190. The lowest BCUT2D eigenvalue weighted by molar-refractivity contribution is -0.137. The average Bonchev–Trinajstić information content (AvgIpc) is 3.43. The molecule has 0 radical (unpaired) electrons. The molecule has 0 bridgehead atoms. The van der Waals surface area contributed by atoms with Crippen molar-refractivity contribution in [3.05, 3.63) is 69.8 Å². The summed E-state index contributed by atoms with van der Waals surface area (Å²) in [4.78, 5) is 99.7. The van der Waals surface area contributed by atoms with Crippen LogP contribution in [0.25, 0.3) is 0 Å². The van der Waals surface area contributed by atoms with Crippen LogP contribution in [0.4, 0.5) is 0 Å². The van der Waals surface area contributed by atoms with Crippen molar-refractivity contribution < 1.29 is 38.4 Å². The van der Waals surface area contributed by atoms with E-state index >= 15 is 0 Å². The Morgan fingerprint density at radius 1 is 0.500 bits per heavy atom. The molecule has 4 aliphatic rings. The Hall–Kier alpha value is 1.34. The van der Waals surface area contributed by atoms with Gasteiger partial charge in [0.15, 0.2) is 0 Å². The molecule has 13 nitrogen and oxygen atoms in total. The molecule has 2 saturated heterocycles. The molecule has 0 spiro atoms. The lowest BCUT2D eigenvalue weighted by atomic mass is 9.98. The third-order valence-corrected chi connectivity index (χ3v) is 72.1. The normalized spacial score (nSPS) is 14.9. The highest BCUT2D eigenvalue weighted by Crippen LogP contribution is 2.31. The molecule has 2 atom stereocenters. The molecule has 2 unspecified atom stereocenters. The Bertz CT molecular complexity index is 4200. The van der Waals surface area contributed by atoms with Gasteiger partial charge in [0.1, 0.15) is 12.1 Å². The average molecular weight is 1690 g/mol. The zero-order chi connectivity index (χ0) is 58.5. The van der Waals surface area contributed by atoms with E-state index in [1.165, 1.54) is 17.8 Å². The van der Waals surface area contributed by atoms with Gasteiger partial charge in [0.25, 0.3) is 23.6 Å². The van der Waals surface area contributed by atoms with Crippen LogP contribution in [0.5, 0.6) is 0 Å². The molecule has 2 fully saturated rings. The van der Waals surface area contributed by atoms with Gasteiger partial charge in [0, 0.05) is 305 Å². The van der Waals surface area contributed by atoms with E-state index in [1.54, 1.807) is 137 Å². The summed E-state index contributed by atoms with van der Waals surface area (Å²) in [5.74, 6) is 2.10. The molecule has 4 aliphatic heterocycles. The standard InChI is InChI=1S/C19H18N2O4.C18H21N3O4.CH4.S31/c1-2-3-4-5-7-12-8-6-9-13-16(12)19(25)21(18(13)24)14-10-11-15(22)20-17(14)23;19-10-3-1-2-5-11-6-4-7-12-15(11)18(25)21(17(12)24)13-8-9-14(22)20-16(13)23;;1-3-5-7-9-11-13-15-17-19-21-23-25-27-29-31-30-28-26-24-22-20-18-16-14-12-10-8-6-4-2/h6,8-9,14H,2-4,10-11H2,1H3,(H,20,22,23);4,6-7,13H,1-3,5,8-10,19H2,(H,20,22,23);1H4;. The molecular formula is C38H43N5O8S31. The largest absolute Gasteiger partial charge is 0.330 e. The maximum Gasteiger partial charge on any atom is 0.263 e.